The fraction of sp³-hybridized carbons (Fsp3) is 0.0714. The maximum atomic E-state index is 11.1. The lowest BCUT2D eigenvalue weighted by Crippen LogP contribution is -2.06. The van der Waals surface area contributed by atoms with Gasteiger partial charge in [0.25, 0.3) is 0 Å². The van der Waals surface area contributed by atoms with Crippen molar-refractivity contribution in [2.45, 2.75) is 5.92 Å². The van der Waals surface area contributed by atoms with Crippen molar-refractivity contribution in [1.82, 2.24) is 0 Å². The minimum absolute atomic E-state index is 0.193. The Labute approximate surface area is 180 Å². The Morgan fingerprint density at radius 2 is 1.16 bits per heavy atom. The van der Waals surface area contributed by atoms with Gasteiger partial charge in [-0.25, -0.2) is 0 Å². The average Bonchev–Trinajstić information content (AvgIpc) is 2.82. The molecule has 0 aromatic heterocycles. The van der Waals surface area contributed by atoms with E-state index in [0.717, 1.165) is 44.0 Å². The Kier molecular flexibility index (Phi) is 4.72. The second kappa shape index (κ2) is 7.69. The first-order valence-electron chi connectivity index (χ1n) is 10.2. The molecule has 31 heavy (non-hydrogen) atoms. The summed E-state index contributed by atoms with van der Waals surface area (Å²) in [5, 5.41) is 26.1. The van der Waals surface area contributed by atoms with Gasteiger partial charge in [0.1, 0.15) is 17.2 Å². The van der Waals surface area contributed by atoms with Crippen LogP contribution in [-0.2, 0) is 0 Å². The summed E-state index contributed by atoms with van der Waals surface area (Å²) in [6, 6.07) is 31.1. The highest BCUT2D eigenvalue weighted by molar-refractivity contribution is 5.93. The van der Waals surface area contributed by atoms with Crippen LogP contribution in [0.4, 0.5) is 0 Å². The molecule has 0 heterocycles. The van der Waals surface area contributed by atoms with Gasteiger partial charge in [-0.15, -0.1) is 0 Å². The Morgan fingerprint density at radius 1 is 0.613 bits per heavy atom. The van der Waals surface area contributed by atoms with Gasteiger partial charge in [0.2, 0.25) is 0 Å². The van der Waals surface area contributed by atoms with E-state index in [2.05, 4.69) is 0 Å². The highest BCUT2D eigenvalue weighted by atomic mass is 16.5. The summed E-state index contributed by atoms with van der Waals surface area (Å²) in [6.07, 6.45) is 0. The second-order valence-corrected chi connectivity index (χ2v) is 7.65. The fourth-order valence-corrected chi connectivity index (χ4v) is 4.47. The van der Waals surface area contributed by atoms with Gasteiger partial charge in [-0.05, 0) is 51.4 Å². The van der Waals surface area contributed by atoms with Crippen molar-refractivity contribution in [2.24, 2.45) is 0 Å². The third-order valence-electron chi connectivity index (χ3n) is 5.90. The molecule has 5 aromatic rings. The fourth-order valence-electron chi connectivity index (χ4n) is 4.47. The Hall–Kier alpha value is -3.98. The maximum Gasteiger partial charge on any atom is 0.120 e. The van der Waals surface area contributed by atoms with Gasteiger partial charge in [-0.2, -0.15) is 0 Å². The largest absolute Gasteiger partial charge is 0.508 e. The van der Waals surface area contributed by atoms with Crippen LogP contribution in [-0.4, -0.2) is 17.3 Å². The van der Waals surface area contributed by atoms with Gasteiger partial charge in [0.05, 0.1) is 7.11 Å². The highest BCUT2D eigenvalue weighted by Gasteiger charge is 2.27. The molecule has 2 N–H and O–H groups in total. The predicted molar refractivity (Wildman–Crippen MR) is 125 cm³/mol. The van der Waals surface area contributed by atoms with E-state index in [4.69, 9.17) is 4.74 Å². The molecule has 0 bridgehead atoms. The average molecular weight is 406 g/mol. The smallest absolute Gasteiger partial charge is 0.120 e. The molecule has 0 aliphatic carbocycles. The summed E-state index contributed by atoms with van der Waals surface area (Å²) >= 11 is 0. The molecule has 0 spiro atoms. The molecule has 0 amide bonds. The van der Waals surface area contributed by atoms with Gasteiger partial charge >= 0.3 is 0 Å². The van der Waals surface area contributed by atoms with Crippen LogP contribution in [0.1, 0.15) is 22.6 Å². The number of phenolic OH excluding ortho intramolecular Hbond substituents is 2. The Bertz CT molecular complexity index is 1320. The number of hydrogen-bond donors (Lipinski definition) is 2. The summed E-state index contributed by atoms with van der Waals surface area (Å²) < 4.78 is 5.49. The van der Waals surface area contributed by atoms with Crippen LogP contribution in [0.25, 0.3) is 21.5 Å². The molecule has 5 rings (SSSR count). The Morgan fingerprint density at radius 3 is 1.71 bits per heavy atom. The number of fused-ring (bicyclic) bond motifs is 2. The van der Waals surface area contributed by atoms with Crippen LogP contribution >= 0.6 is 0 Å². The molecule has 3 nitrogen and oxygen atoms in total. The first kappa shape index (κ1) is 19.0. The summed E-state index contributed by atoms with van der Waals surface area (Å²) in [7, 11) is 1.64. The van der Waals surface area contributed by atoms with Crippen molar-refractivity contribution in [3.63, 3.8) is 0 Å². The monoisotopic (exact) mass is 406 g/mol. The number of phenols is 2. The van der Waals surface area contributed by atoms with Crippen LogP contribution < -0.4 is 4.74 Å². The molecule has 0 unspecified atom stereocenters. The summed E-state index contributed by atoms with van der Waals surface area (Å²) in [6.45, 7) is 0. The first-order chi connectivity index (χ1) is 15.2. The van der Waals surface area contributed by atoms with Gasteiger partial charge in [0.15, 0.2) is 0 Å². The van der Waals surface area contributed by atoms with Crippen molar-refractivity contribution in [1.29, 1.82) is 0 Å². The van der Waals surface area contributed by atoms with Crippen molar-refractivity contribution in [2.75, 3.05) is 7.11 Å². The van der Waals surface area contributed by atoms with Gasteiger partial charge in [-0.1, -0.05) is 72.8 Å². The second-order valence-electron chi connectivity index (χ2n) is 7.65. The van der Waals surface area contributed by atoms with E-state index >= 15 is 0 Å². The Balaban J connectivity index is 1.92. The number of hydrogen-bond acceptors (Lipinski definition) is 3. The summed E-state index contributed by atoms with van der Waals surface area (Å²) in [5.41, 5.74) is 2.45. The highest BCUT2D eigenvalue weighted by Crippen LogP contribution is 2.46. The van der Waals surface area contributed by atoms with Crippen LogP contribution in [0.3, 0.4) is 0 Å². The number of rotatable bonds is 4. The minimum Gasteiger partial charge on any atom is -0.508 e. The van der Waals surface area contributed by atoms with E-state index in [0.29, 0.717) is 0 Å². The van der Waals surface area contributed by atoms with Crippen LogP contribution in [0.15, 0.2) is 97.1 Å². The van der Waals surface area contributed by atoms with Crippen molar-refractivity contribution in [3.05, 3.63) is 114 Å². The molecular weight excluding hydrogens is 384 g/mol. The number of methoxy groups -OCH3 is 1. The molecule has 0 saturated carbocycles. The zero-order valence-electron chi connectivity index (χ0n) is 17.1. The zero-order valence-corrected chi connectivity index (χ0v) is 17.1. The van der Waals surface area contributed by atoms with Crippen LogP contribution in [0.5, 0.6) is 17.2 Å². The number of aromatic hydroxyl groups is 2. The summed E-state index contributed by atoms with van der Waals surface area (Å²) in [5.74, 6) is 0.715. The normalized spacial score (nSPS) is 11.3. The standard InChI is InChI=1S/C28H22O3/c1-31-21-10-6-9-20(17-21)26(27-22-11-4-2-7-18(22)13-15-24(27)29)28-23-12-5-3-8-19(23)14-16-25(28)30/h2-17,26,29-30H,1H3. The van der Waals surface area contributed by atoms with Crippen molar-refractivity contribution >= 4 is 21.5 Å². The van der Waals surface area contributed by atoms with Gasteiger partial charge < -0.3 is 14.9 Å². The van der Waals surface area contributed by atoms with Gasteiger partial charge in [0, 0.05) is 17.0 Å². The molecule has 0 saturated heterocycles. The topological polar surface area (TPSA) is 49.7 Å². The number of benzene rings is 5. The third-order valence-corrected chi connectivity index (χ3v) is 5.90. The van der Waals surface area contributed by atoms with Crippen molar-refractivity contribution in [3.8, 4) is 17.2 Å². The maximum absolute atomic E-state index is 11.1. The molecule has 3 heteroatoms. The minimum atomic E-state index is -0.396. The van der Waals surface area contributed by atoms with Gasteiger partial charge in [-0.3, -0.25) is 0 Å². The quantitative estimate of drug-likeness (QED) is 0.331. The van der Waals surface area contributed by atoms with E-state index in [1.165, 1.54) is 0 Å². The van der Waals surface area contributed by atoms with E-state index in [1.54, 1.807) is 19.2 Å². The predicted octanol–water partition coefficient (Wildman–Crippen LogP) is 6.59. The van der Waals surface area contributed by atoms with Crippen molar-refractivity contribution < 1.29 is 14.9 Å². The molecule has 0 atom stereocenters. The molecule has 0 aliphatic heterocycles. The lowest BCUT2D eigenvalue weighted by Gasteiger charge is -2.24. The van der Waals surface area contributed by atoms with E-state index in [1.807, 2.05) is 84.9 Å². The lowest BCUT2D eigenvalue weighted by molar-refractivity contribution is 0.414. The van der Waals surface area contributed by atoms with Crippen LogP contribution in [0, 0.1) is 0 Å². The molecular formula is C28H22O3. The molecule has 0 radical (unpaired) electrons. The SMILES string of the molecule is COc1cccc(C(c2c(O)ccc3ccccc23)c2c(O)ccc3ccccc23)c1. The molecule has 5 aromatic carbocycles. The zero-order chi connectivity index (χ0) is 21.4. The van der Waals surface area contributed by atoms with Crippen LogP contribution in [0.2, 0.25) is 0 Å². The lowest BCUT2D eigenvalue weighted by atomic mass is 9.80. The first-order valence-corrected chi connectivity index (χ1v) is 10.2. The third kappa shape index (κ3) is 3.24. The van der Waals surface area contributed by atoms with E-state index < -0.39 is 5.92 Å². The molecule has 0 fully saturated rings. The van der Waals surface area contributed by atoms with E-state index in [-0.39, 0.29) is 11.5 Å². The molecule has 0 aliphatic rings. The molecule has 152 valence electrons. The van der Waals surface area contributed by atoms with E-state index in [9.17, 15) is 10.2 Å². The number of ether oxygens (including phenoxy) is 1. The summed E-state index contributed by atoms with van der Waals surface area (Å²) in [4.78, 5) is 0.